The van der Waals surface area contributed by atoms with E-state index in [1.807, 2.05) is 13.8 Å². The highest BCUT2D eigenvalue weighted by Gasteiger charge is 2.17. The normalized spacial score (nSPS) is 13.8. The van der Waals surface area contributed by atoms with Gasteiger partial charge in [0, 0.05) is 31.0 Å². The third kappa shape index (κ3) is 5.68. The highest BCUT2D eigenvalue weighted by Crippen LogP contribution is 2.12. The molecule has 13 heavy (non-hydrogen) atoms. The molecule has 0 saturated heterocycles. The molecule has 0 radical (unpaired) electrons. The van der Waals surface area contributed by atoms with E-state index in [-0.39, 0.29) is 12.0 Å². The minimum Gasteiger partial charge on any atom is -0.396 e. The van der Waals surface area contributed by atoms with Gasteiger partial charge in [-0.15, -0.1) is 12.3 Å². The Balaban J connectivity index is 3.78. The lowest BCUT2D eigenvalue weighted by Gasteiger charge is -2.25. The molecule has 0 aliphatic heterocycles. The standard InChI is InChI=1S/C11H21NO/c1-5-7-10(6-2)12-8-11(3,4)9-13/h1,10,12-13H,6-9H2,2-4H3. The Hall–Kier alpha value is -0.520. The van der Waals surface area contributed by atoms with Crippen molar-refractivity contribution in [1.29, 1.82) is 0 Å². The van der Waals surface area contributed by atoms with Crippen LogP contribution in [-0.4, -0.2) is 24.3 Å². The highest BCUT2D eigenvalue weighted by atomic mass is 16.3. The Kier molecular flexibility index (Phi) is 5.77. The monoisotopic (exact) mass is 183 g/mol. The Morgan fingerprint density at radius 3 is 2.54 bits per heavy atom. The quantitative estimate of drug-likeness (QED) is 0.610. The van der Waals surface area contributed by atoms with Gasteiger partial charge in [0.25, 0.3) is 0 Å². The van der Waals surface area contributed by atoms with Crippen LogP contribution < -0.4 is 5.32 Å². The van der Waals surface area contributed by atoms with Gasteiger partial charge in [-0.3, -0.25) is 0 Å². The topological polar surface area (TPSA) is 32.3 Å². The molecule has 0 aromatic carbocycles. The molecular weight excluding hydrogens is 162 g/mol. The largest absolute Gasteiger partial charge is 0.396 e. The van der Waals surface area contributed by atoms with Crippen LogP contribution in [0.25, 0.3) is 0 Å². The number of aliphatic hydroxyl groups is 1. The first-order valence-corrected chi connectivity index (χ1v) is 4.83. The molecule has 0 aromatic rings. The molecule has 76 valence electrons. The second-order valence-corrected chi connectivity index (χ2v) is 4.22. The molecule has 0 saturated carbocycles. The van der Waals surface area contributed by atoms with Crippen LogP contribution in [0.1, 0.15) is 33.6 Å². The number of rotatable bonds is 6. The molecule has 0 aliphatic carbocycles. The number of nitrogens with one attached hydrogen (secondary N) is 1. The zero-order chi connectivity index (χ0) is 10.3. The second-order valence-electron chi connectivity index (χ2n) is 4.22. The third-order valence-electron chi connectivity index (χ3n) is 2.15. The maximum Gasteiger partial charge on any atom is 0.0494 e. The zero-order valence-electron chi connectivity index (χ0n) is 8.93. The molecule has 0 bridgehead atoms. The van der Waals surface area contributed by atoms with Gasteiger partial charge < -0.3 is 10.4 Å². The average molecular weight is 183 g/mol. The van der Waals surface area contributed by atoms with Gasteiger partial charge in [0.15, 0.2) is 0 Å². The minimum absolute atomic E-state index is 0.0536. The lowest BCUT2D eigenvalue weighted by atomic mass is 9.94. The third-order valence-corrected chi connectivity index (χ3v) is 2.15. The van der Waals surface area contributed by atoms with Crippen LogP contribution in [0.4, 0.5) is 0 Å². The fraction of sp³-hybridized carbons (Fsp3) is 0.818. The number of hydrogen-bond donors (Lipinski definition) is 2. The van der Waals surface area contributed by atoms with Gasteiger partial charge >= 0.3 is 0 Å². The molecule has 0 amide bonds. The van der Waals surface area contributed by atoms with E-state index in [4.69, 9.17) is 11.5 Å². The molecule has 0 aliphatic rings. The lowest BCUT2D eigenvalue weighted by molar-refractivity contribution is 0.153. The van der Waals surface area contributed by atoms with E-state index < -0.39 is 0 Å². The van der Waals surface area contributed by atoms with Crippen molar-refractivity contribution >= 4 is 0 Å². The molecule has 1 unspecified atom stereocenters. The average Bonchev–Trinajstić information content (AvgIpc) is 2.12. The summed E-state index contributed by atoms with van der Waals surface area (Å²) in [4.78, 5) is 0. The van der Waals surface area contributed by atoms with Crippen molar-refractivity contribution in [2.45, 2.75) is 39.7 Å². The van der Waals surface area contributed by atoms with Crippen molar-refractivity contribution in [2.75, 3.05) is 13.2 Å². The summed E-state index contributed by atoms with van der Waals surface area (Å²) in [6, 6.07) is 0.385. The van der Waals surface area contributed by atoms with Gasteiger partial charge in [-0.25, -0.2) is 0 Å². The summed E-state index contributed by atoms with van der Waals surface area (Å²) in [7, 11) is 0. The van der Waals surface area contributed by atoms with Crippen LogP contribution in [0, 0.1) is 17.8 Å². The van der Waals surface area contributed by atoms with Crippen molar-refractivity contribution in [3.8, 4) is 12.3 Å². The van der Waals surface area contributed by atoms with Gasteiger partial charge in [-0.2, -0.15) is 0 Å². The maximum atomic E-state index is 9.03. The van der Waals surface area contributed by atoms with Crippen LogP contribution in [0.5, 0.6) is 0 Å². The first-order valence-electron chi connectivity index (χ1n) is 4.83. The van der Waals surface area contributed by atoms with Crippen molar-refractivity contribution in [3.63, 3.8) is 0 Å². The molecule has 0 fully saturated rings. The molecule has 0 aromatic heterocycles. The Morgan fingerprint density at radius 2 is 2.15 bits per heavy atom. The summed E-state index contributed by atoms with van der Waals surface area (Å²) in [6.45, 7) is 7.18. The summed E-state index contributed by atoms with van der Waals surface area (Å²) in [5, 5.41) is 12.4. The number of hydrogen-bond acceptors (Lipinski definition) is 2. The fourth-order valence-electron chi connectivity index (χ4n) is 0.980. The number of terminal acetylenes is 1. The van der Waals surface area contributed by atoms with E-state index >= 15 is 0 Å². The van der Waals surface area contributed by atoms with E-state index in [9.17, 15) is 0 Å². The highest BCUT2D eigenvalue weighted by molar-refractivity contribution is 4.89. The Bertz CT molecular complexity index is 169. The first-order chi connectivity index (χ1) is 6.05. The predicted octanol–water partition coefficient (Wildman–Crippen LogP) is 1.40. The first kappa shape index (κ1) is 12.5. The molecule has 0 spiro atoms. The van der Waals surface area contributed by atoms with Crippen LogP contribution in [-0.2, 0) is 0 Å². The second kappa shape index (κ2) is 6.01. The summed E-state index contributed by atoms with van der Waals surface area (Å²) < 4.78 is 0. The van der Waals surface area contributed by atoms with Crippen molar-refractivity contribution < 1.29 is 5.11 Å². The van der Waals surface area contributed by atoms with Crippen LogP contribution in [0.15, 0.2) is 0 Å². The van der Waals surface area contributed by atoms with E-state index in [0.717, 1.165) is 19.4 Å². The van der Waals surface area contributed by atoms with Gasteiger partial charge in [-0.1, -0.05) is 20.8 Å². The molecular formula is C11H21NO. The molecule has 2 nitrogen and oxygen atoms in total. The Morgan fingerprint density at radius 1 is 1.54 bits per heavy atom. The van der Waals surface area contributed by atoms with Crippen molar-refractivity contribution in [2.24, 2.45) is 5.41 Å². The molecule has 2 heteroatoms. The zero-order valence-corrected chi connectivity index (χ0v) is 8.93. The summed E-state index contributed by atoms with van der Waals surface area (Å²) in [6.07, 6.45) is 7.03. The Labute approximate surface area is 81.7 Å². The van der Waals surface area contributed by atoms with E-state index in [1.165, 1.54) is 0 Å². The van der Waals surface area contributed by atoms with Crippen molar-refractivity contribution in [3.05, 3.63) is 0 Å². The fourth-order valence-corrected chi connectivity index (χ4v) is 0.980. The molecule has 0 heterocycles. The molecule has 0 rings (SSSR count). The van der Waals surface area contributed by atoms with Gasteiger partial charge in [0.1, 0.15) is 0 Å². The van der Waals surface area contributed by atoms with Gasteiger partial charge in [-0.05, 0) is 6.42 Å². The maximum absolute atomic E-state index is 9.03. The van der Waals surface area contributed by atoms with Crippen LogP contribution >= 0.6 is 0 Å². The molecule has 2 N–H and O–H groups in total. The summed E-state index contributed by atoms with van der Waals surface area (Å²) in [5.41, 5.74) is -0.0536. The van der Waals surface area contributed by atoms with E-state index in [2.05, 4.69) is 18.2 Å². The SMILES string of the molecule is C#CCC(CC)NCC(C)(C)CO. The lowest BCUT2D eigenvalue weighted by Crippen LogP contribution is -2.38. The van der Waals surface area contributed by atoms with Gasteiger partial charge in [0.05, 0.1) is 0 Å². The summed E-state index contributed by atoms with van der Waals surface area (Å²) in [5.74, 6) is 2.65. The predicted molar refractivity (Wildman–Crippen MR) is 56.4 cm³/mol. The minimum atomic E-state index is -0.0536. The van der Waals surface area contributed by atoms with E-state index in [1.54, 1.807) is 0 Å². The van der Waals surface area contributed by atoms with E-state index in [0.29, 0.717) is 6.04 Å². The van der Waals surface area contributed by atoms with Gasteiger partial charge in [0.2, 0.25) is 0 Å². The summed E-state index contributed by atoms with van der Waals surface area (Å²) >= 11 is 0. The van der Waals surface area contributed by atoms with Crippen LogP contribution in [0.2, 0.25) is 0 Å². The molecule has 1 atom stereocenters. The smallest absolute Gasteiger partial charge is 0.0494 e. The van der Waals surface area contributed by atoms with Crippen molar-refractivity contribution in [1.82, 2.24) is 5.32 Å². The van der Waals surface area contributed by atoms with Crippen LogP contribution in [0.3, 0.4) is 0 Å². The number of aliphatic hydroxyl groups excluding tert-OH is 1.